The number of aromatic amines is 1. The number of esters is 2. The van der Waals surface area contributed by atoms with Gasteiger partial charge in [-0.3, -0.25) is 14.4 Å². The Balaban J connectivity index is 1.57. The molecule has 1 aromatic carbocycles. The maximum absolute atomic E-state index is 13.5. The van der Waals surface area contributed by atoms with Crippen LogP contribution in [0.4, 0.5) is 0 Å². The molecule has 1 aliphatic heterocycles. The van der Waals surface area contributed by atoms with Crippen LogP contribution >= 0.6 is 0 Å². The largest absolute Gasteiger partial charge is 0.466 e. The molecule has 46 heavy (non-hydrogen) atoms. The third kappa shape index (κ3) is 11.8. The van der Waals surface area contributed by atoms with Crippen LogP contribution in [-0.4, -0.2) is 94.7 Å². The maximum atomic E-state index is 13.5. The van der Waals surface area contributed by atoms with Gasteiger partial charge in [-0.1, -0.05) is 30.3 Å². The van der Waals surface area contributed by atoms with Gasteiger partial charge < -0.3 is 34.8 Å². The van der Waals surface area contributed by atoms with E-state index in [0.717, 1.165) is 5.56 Å². The second kappa shape index (κ2) is 19.1. The first-order valence-electron chi connectivity index (χ1n) is 15.7. The first kappa shape index (κ1) is 35.9. The van der Waals surface area contributed by atoms with Gasteiger partial charge in [0.1, 0.15) is 12.1 Å². The van der Waals surface area contributed by atoms with E-state index in [-0.39, 0.29) is 44.7 Å². The summed E-state index contributed by atoms with van der Waals surface area (Å²) in [5, 5.41) is 15.3. The summed E-state index contributed by atoms with van der Waals surface area (Å²) in [5.41, 5.74) is 1.70. The van der Waals surface area contributed by atoms with Crippen LogP contribution in [0.2, 0.25) is 0 Å². The highest BCUT2D eigenvalue weighted by atomic mass is 16.9. The molecular formula is C31H44N6O9. The number of likely N-dealkylation sites (tertiary alicyclic amines) is 1. The zero-order valence-electron chi connectivity index (χ0n) is 26.4. The van der Waals surface area contributed by atoms with Crippen LogP contribution in [0.15, 0.2) is 42.9 Å². The summed E-state index contributed by atoms with van der Waals surface area (Å²) in [6.07, 6.45) is 5.99. The Bertz CT molecular complexity index is 1260. The minimum absolute atomic E-state index is 0.00931. The Labute approximate surface area is 267 Å². The molecule has 252 valence electrons. The normalized spacial score (nSPS) is 16.2. The molecule has 0 aliphatic carbocycles. The molecule has 4 unspecified atom stereocenters. The summed E-state index contributed by atoms with van der Waals surface area (Å²) in [6.45, 7) is 4.19. The molecule has 1 saturated heterocycles. The number of amides is 2. The molecule has 1 aliphatic rings. The summed E-state index contributed by atoms with van der Waals surface area (Å²) in [6, 6.07) is 7.31. The van der Waals surface area contributed by atoms with Crippen LogP contribution in [0, 0.1) is 16.0 Å². The van der Waals surface area contributed by atoms with Crippen molar-refractivity contribution in [1.29, 1.82) is 0 Å². The molecule has 0 bridgehead atoms. The van der Waals surface area contributed by atoms with E-state index in [1.165, 1.54) is 17.4 Å². The Kier molecular flexibility index (Phi) is 14.9. The smallest absolute Gasteiger partial charge is 0.329 e. The molecule has 4 atom stereocenters. The number of nitrogens with zero attached hydrogens (tertiary/aromatic N) is 3. The summed E-state index contributed by atoms with van der Waals surface area (Å²) in [4.78, 5) is 75.5. The molecule has 3 N–H and O–H groups in total. The first-order chi connectivity index (χ1) is 22.2. The minimum atomic E-state index is -1.05. The molecule has 2 amide bonds. The molecule has 3 rings (SSSR count). The monoisotopic (exact) mass is 644 g/mol. The number of H-pyrrole nitrogens is 1. The predicted octanol–water partition coefficient (Wildman–Crippen LogP) is 1.75. The lowest BCUT2D eigenvalue weighted by Gasteiger charge is -2.29. The van der Waals surface area contributed by atoms with Gasteiger partial charge in [0.25, 0.3) is 5.09 Å². The van der Waals surface area contributed by atoms with E-state index in [1.54, 1.807) is 13.8 Å². The van der Waals surface area contributed by atoms with Gasteiger partial charge in [0.05, 0.1) is 38.1 Å². The van der Waals surface area contributed by atoms with Crippen molar-refractivity contribution in [2.45, 2.75) is 76.9 Å². The van der Waals surface area contributed by atoms with Gasteiger partial charge in [-0.2, -0.15) is 0 Å². The minimum Gasteiger partial charge on any atom is -0.466 e. The van der Waals surface area contributed by atoms with Gasteiger partial charge in [0.15, 0.2) is 0 Å². The Morgan fingerprint density at radius 3 is 2.59 bits per heavy atom. The van der Waals surface area contributed by atoms with Crippen molar-refractivity contribution in [2.75, 3.05) is 32.9 Å². The topological polar surface area (TPSA) is 195 Å². The highest BCUT2D eigenvalue weighted by Crippen LogP contribution is 2.20. The Morgan fingerprint density at radius 1 is 1.13 bits per heavy atom. The highest BCUT2D eigenvalue weighted by Gasteiger charge is 2.38. The number of hydrogen-bond donors (Lipinski definition) is 3. The number of ether oxygens (including phenoxy) is 2. The molecule has 1 aromatic heterocycles. The number of benzene rings is 1. The van der Waals surface area contributed by atoms with Crippen molar-refractivity contribution in [3.63, 3.8) is 0 Å². The number of rotatable bonds is 20. The lowest BCUT2D eigenvalue weighted by atomic mass is 9.99. The fourth-order valence-corrected chi connectivity index (χ4v) is 5.20. The van der Waals surface area contributed by atoms with E-state index in [2.05, 4.69) is 25.4 Å². The van der Waals surface area contributed by atoms with Gasteiger partial charge in [0.2, 0.25) is 11.8 Å². The van der Waals surface area contributed by atoms with Gasteiger partial charge in [-0.05, 0) is 57.9 Å². The van der Waals surface area contributed by atoms with E-state index in [0.29, 0.717) is 50.8 Å². The Hall–Kier alpha value is -4.53. The molecule has 2 heterocycles. The summed E-state index contributed by atoms with van der Waals surface area (Å²) in [7, 11) is 0. The molecule has 15 heteroatoms. The number of aromatic nitrogens is 2. The van der Waals surface area contributed by atoms with Crippen LogP contribution < -0.4 is 10.6 Å². The molecule has 1 fully saturated rings. The van der Waals surface area contributed by atoms with Crippen molar-refractivity contribution < 1.29 is 38.6 Å². The maximum Gasteiger partial charge on any atom is 0.329 e. The van der Waals surface area contributed by atoms with Crippen molar-refractivity contribution in [1.82, 2.24) is 25.5 Å². The number of unbranched alkanes of at least 4 members (excludes halogenated alkanes) is 1. The van der Waals surface area contributed by atoms with Crippen LogP contribution in [0.5, 0.6) is 0 Å². The summed E-state index contributed by atoms with van der Waals surface area (Å²) < 4.78 is 10.6. The second-order valence-electron chi connectivity index (χ2n) is 11.1. The SMILES string of the molecule is CCOC(=O)C(CCc1ccccc1)CNC(C)C(=O)N1CCCC1C(=O)NC(Cc1cnc[nH]1)C(=O)OCCCCO[N+](=O)[O-]. The lowest BCUT2D eigenvalue weighted by Crippen LogP contribution is -2.55. The standard InChI is InChI=1S/C31H44N6O9/c1-3-44-30(40)24(14-13-23-10-5-4-6-11-23)19-33-22(2)29(39)36-15-9-12-27(36)28(38)35-26(18-25-20-32-21-34-25)31(41)45-16-7-8-17-46-37(42)43/h4-6,10-11,20-22,24,26-27,33H,3,7-9,12-19H2,1-2H3,(H,32,34)(H,35,38). The van der Waals surface area contributed by atoms with E-state index in [1.807, 2.05) is 30.3 Å². The van der Waals surface area contributed by atoms with Crippen molar-refractivity contribution in [3.05, 3.63) is 64.2 Å². The second-order valence-corrected chi connectivity index (χ2v) is 11.1. The molecule has 0 spiro atoms. The number of carbonyl (C=O) groups is 4. The van der Waals surface area contributed by atoms with Crippen molar-refractivity contribution >= 4 is 23.8 Å². The van der Waals surface area contributed by atoms with Gasteiger partial charge in [-0.25, -0.2) is 9.78 Å². The fraction of sp³-hybridized carbons (Fsp3) is 0.581. The van der Waals surface area contributed by atoms with Crippen molar-refractivity contribution in [3.8, 4) is 0 Å². The molecular weight excluding hydrogens is 600 g/mol. The summed E-state index contributed by atoms with van der Waals surface area (Å²) in [5.74, 6) is -2.23. The number of aryl methyl sites for hydroxylation is 1. The Morgan fingerprint density at radius 2 is 1.89 bits per heavy atom. The zero-order valence-corrected chi connectivity index (χ0v) is 26.4. The number of nitrogens with one attached hydrogen (secondary N) is 3. The predicted molar refractivity (Wildman–Crippen MR) is 164 cm³/mol. The van der Waals surface area contributed by atoms with E-state index < -0.39 is 41.0 Å². The molecule has 0 radical (unpaired) electrons. The first-order valence-corrected chi connectivity index (χ1v) is 15.7. The van der Waals surface area contributed by atoms with Crippen molar-refractivity contribution in [2.24, 2.45) is 5.92 Å². The number of hydrogen-bond acceptors (Lipinski definition) is 11. The van der Waals surface area contributed by atoms with Crippen LogP contribution in [0.1, 0.15) is 57.2 Å². The lowest BCUT2D eigenvalue weighted by molar-refractivity contribution is -0.757. The van der Waals surface area contributed by atoms with Gasteiger partial charge in [-0.15, -0.1) is 10.1 Å². The van der Waals surface area contributed by atoms with Crippen LogP contribution in [-0.2, 0) is 46.3 Å². The average Bonchev–Trinajstić information content (AvgIpc) is 3.75. The quantitative estimate of drug-likeness (QED) is 0.0822. The van der Waals surface area contributed by atoms with Crippen LogP contribution in [0.25, 0.3) is 0 Å². The van der Waals surface area contributed by atoms with E-state index >= 15 is 0 Å². The zero-order chi connectivity index (χ0) is 33.3. The van der Waals surface area contributed by atoms with Gasteiger partial charge in [0, 0.05) is 31.4 Å². The van der Waals surface area contributed by atoms with Gasteiger partial charge >= 0.3 is 11.9 Å². The third-order valence-corrected chi connectivity index (χ3v) is 7.68. The molecule has 0 saturated carbocycles. The number of carbonyl (C=O) groups excluding carboxylic acids is 4. The average molecular weight is 645 g/mol. The third-order valence-electron chi connectivity index (χ3n) is 7.68. The fourth-order valence-electron chi connectivity index (χ4n) is 5.20. The van der Waals surface area contributed by atoms with Crippen LogP contribution in [0.3, 0.4) is 0 Å². The molecule has 2 aromatic rings. The summed E-state index contributed by atoms with van der Waals surface area (Å²) >= 11 is 0. The highest BCUT2D eigenvalue weighted by molar-refractivity contribution is 5.92. The number of imidazole rings is 1. The van der Waals surface area contributed by atoms with E-state index in [9.17, 15) is 29.3 Å². The molecule has 15 nitrogen and oxygen atoms in total. The van der Waals surface area contributed by atoms with E-state index in [4.69, 9.17) is 9.47 Å².